The first-order valence-corrected chi connectivity index (χ1v) is 18.0. The van der Waals surface area contributed by atoms with E-state index in [1.54, 1.807) is 60.3 Å². The van der Waals surface area contributed by atoms with Crippen molar-refractivity contribution in [3.63, 3.8) is 0 Å². The first-order valence-electron chi connectivity index (χ1n) is 18.0. The minimum atomic E-state index is -1.22. The maximum atomic E-state index is 14.8. The molecule has 51 heavy (non-hydrogen) atoms. The van der Waals surface area contributed by atoms with Crippen molar-refractivity contribution in [1.29, 1.82) is 0 Å². The zero-order valence-electron chi connectivity index (χ0n) is 29.7. The van der Waals surface area contributed by atoms with Crippen molar-refractivity contribution in [2.24, 2.45) is 11.8 Å². The Morgan fingerprint density at radius 3 is 2.47 bits per heavy atom. The molecule has 0 saturated carbocycles. The third-order valence-electron chi connectivity index (χ3n) is 10.4. The minimum Gasteiger partial charge on any atom is -0.497 e. The van der Waals surface area contributed by atoms with Gasteiger partial charge in [-0.15, -0.1) is 13.2 Å². The van der Waals surface area contributed by atoms with E-state index in [1.165, 1.54) is 0 Å². The van der Waals surface area contributed by atoms with Gasteiger partial charge in [0.2, 0.25) is 11.8 Å². The molecule has 2 bridgehead atoms. The zero-order chi connectivity index (χ0) is 36.5. The molecule has 0 aromatic heterocycles. The van der Waals surface area contributed by atoms with E-state index in [0.717, 1.165) is 12.8 Å². The second-order valence-corrected chi connectivity index (χ2v) is 13.6. The first kappa shape index (κ1) is 37.8. The monoisotopic (exact) mass is 701 g/mol. The minimum absolute atomic E-state index is 0.0907. The first-order chi connectivity index (χ1) is 24.7. The number of hydrogen-bond donors (Lipinski definition) is 2. The average Bonchev–Trinajstić information content (AvgIpc) is 3.79. The number of methoxy groups -OCH3 is 1. The van der Waals surface area contributed by atoms with Crippen molar-refractivity contribution >= 4 is 29.4 Å². The van der Waals surface area contributed by atoms with Crippen LogP contribution >= 0.6 is 0 Å². The summed E-state index contributed by atoms with van der Waals surface area (Å²) < 4.78 is 18.3. The van der Waals surface area contributed by atoms with Crippen LogP contribution in [0.4, 0.5) is 5.69 Å². The molecule has 2 N–H and O–H groups in total. The maximum absolute atomic E-state index is 14.8. The molecule has 3 aliphatic heterocycles. The van der Waals surface area contributed by atoms with Gasteiger partial charge in [0.1, 0.15) is 23.5 Å². The number of amides is 3. The molecular weight excluding hydrogens is 650 g/mol. The summed E-state index contributed by atoms with van der Waals surface area (Å²) in [5, 5.41) is 12.2. The molecule has 0 aliphatic carbocycles. The molecule has 1 spiro atoms. The van der Waals surface area contributed by atoms with Gasteiger partial charge in [-0.1, -0.05) is 55.3 Å². The molecule has 3 fully saturated rings. The molecule has 3 amide bonds. The lowest BCUT2D eigenvalue weighted by Gasteiger charge is -2.37. The van der Waals surface area contributed by atoms with Crippen LogP contribution < -0.4 is 15.0 Å². The van der Waals surface area contributed by atoms with Crippen LogP contribution in [-0.2, 0) is 28.7 Å². The summed E-state index contributed by atoms with van der Waals surface area (Å²) >= 11 is 0. The van der Waals surface area contributed by atoms with Crippen LogP contribution in [0.15, 0.2) is 79.9 Å². The SMILES string of the molecule is C=CCCC(=O)N[C@H](C)[C@@H](OC(=O)[C@@H]1[C@H]2C(=O)N(CCCCCCO)[C@H](C(=O)N(CC=C)c3ccc(OC)cc3)[C@]23CC[C@H]1O3)c1ccccc1. The largest absolute Gasteiger partial charge is 0.497 e. The number of carbonyl (C=O) groups is 4. The van der Waals surface area contributed by atoms with Crippen molar-refractivity contribution in [3.05, 3.63) is 85.5 Å². The van der Waals surface area contributed by atoms with Crippen molar-refractivity contribution in [3.8, 4) is 5.75 Å². The Morgan fingerprint density at radius 2 is 1.80 bits per heavy atom. The van der Waals surface area contributed by atoms with Crippen molar-refractivity contribution < 1.29 is 38.5 Å². The second-order valence-electron chi connectivity index (χ2n) is 13.6. The van der Waals surface area contributed by atoms with Crippen LogP contribution in [0.25, 0.3) is 0 Å². The predicted octanol–water partition coefficient (Wildman–Crippen LogP) is 4.90. The Hall–Kier alpha value is -4.48. The highest BCUT2D eigenvalue weighted by atomic mass is 16.6. The highest BCUT2D eigenvalue weighted by molar-refractivity contribution is 6.04. The van der Waals surface area contributed by atoms with E-state index in [4.69, 9.17) is 14.2 Å². The number of nitrogens with one attached hydrogen (secondary N) is 1. The highest BCUT2D eigenvalue weighted by Crippen LogP contribution is 2.59. The van der Waals surface area contributed by atoms with Crippen molar-refractivity contribution in [2.75, 3.05) is 31.7 Å². The molecule has 3 heterocycles. The fraction of sp³-hybridized carbons (Fsp3) is 0.500. The standard InChI is InChI=1S/C40H51N3O8/c1-5-7-17-32(45)41-27(3)35(28-15-11-10-12-16-28)50-39(48)33-31-22-23-40(51-31)34(33)37(46)43(25-13-8-9-14-26-44)36(40)38(47)42(24-6-2)29-18-20-30(49-4)21-19-29/h5-6,10-12,15-16,18-21,27,31,33-36,44H,1-2,7-9,13-14,17,22-26H2,3-4H3,(H,41,45)/t27-,31-,33+,34+,35-,36-,40+/m1/s1. The van der Waals surface area contributed by atoms with E-state index in [2.05, 4.69) is 18.5 Å². The number of rotatable bonds is 19. The Kier molecular flexibility index (Phi) is 12.7. The number of fused-ring (bicyclic) bond motifs is 1. The molecule has 0 radical (unpaired) electrons. The number of unbranched alkanes of at least 4 members (excludes halogenated alkanes) is 3. The van der Waals surface area contributed by atoms with Gasteiger partial charge in [0.15, 0.2) is 0 Å². The average molecular weight is 702 g/mol. The van der Waals surface area contributed by atoms with Gasteiger partial charge in [-0.25, -0.2) is 0 Å². The van der Waals surface area contributed by atoms with Gasteiger partial charge in [0.25, 0.3) is 5.91 Å². The zero-order valence-corrected chi connectivity index (χ0v) is 29.7. The summed E-state index contributed by atoms with van der Waals surface area (Å²) in [5.41, 5.74) is 0.108. The number of hydrogen-bond acceptors (Lipinski definition) is 8. The molecule has 5 rings (SSSR count). The van der Waals surface area contributed by atoms with Crippen LogP contribution in [0.5, 0.6) is 5.75 Å². The molecule has 3 saturated heterocycles. The third-order valence-corrected chi connectivity index (χ3v) is 10.4. The fourth-order valence-electron chi connectivity index (χ4n) is 7.99. The van der Waals surface area contributed by atoms with Gasteiger partial charge in [-0.3, -0.25) is 19.2 Å². The molecule has 11 heteroatoms. The van der Waals surface area contributed by atoms with Gasteiger partial charge < -0.3 is 34.4 Å². The molecule has 0 unspecified atom stereocenters. The summed E-state index contributed by atoms with van der Waals surface area (Å²) in [6.45, 7) is 9.95. The lowest BCUT2D eigenvalue weighted by atomic mass is 9.70. The summed E-state index contributed by atoms with van der Waals surface area (Å²) in [5.74, 6) is -2.58. The van der Waals surface area contributed by atoms with E-state index < -0.39 is 47.7 Å². The molecule has 2 aromatic carbocycles. The van der Waals surface area contributed by atoms with E-state index in [9.17, 15) is 24.3 Å². The fourth-order valence-corrected chi connectivity index (χ4v) is 7.99. The third kappa shape index (κ3) is 7.89. The topological polar surface area (TPSA) is 135 Å². The Morgan fingerprint density at radius 1 is 1.08 bits per heavy atom. The molecule has 2 aromatic rings. The number of ether oxygens (including phenoxy) is 3. The maximum Gasteiger partial charge on any atom is 0.313 e. The molecular formula is C40H51N3O8. The van der Waals surface area contributed by atoms with Gasteiger partial charge >= 0.3 is 5.97 Å². The number of anilines is 1. The number of likely N-dealkylation sites (tertiary alicyclic amines) is 1. The molecule has 11 nitrogen and oxygen atoms in total. The van der Waals surface area contributed by atoms with Gasteiger partial charge in [0.05, 0.1) is 31.1 Å². The number of aliphatic hydroxyl groups is 1. The number of benzene rings is 2. The summed E-state index contributed by atoms with van der Waals surface area (Å²) in [7, 11) is 1.57. The van der Waals surface area contributed by atoms with Crippen molar-refractivity contribution in [1.82, 2.24) is 10.2 Å². The number of esters is 1. The van der Waals surface area contributed by atoms with Crippen molar-refractivity contribution in [2.45, 2.75) is 88.2 Å². The number of nitrogens with zero attached hydrogens (tertiary/aromatic N) is 2. The van der Waals surface area contributed by atoms with E-state index in [-0.39, 0.29) is 37.3 Å². The quantitative estimate of drug-likeness (QED) is 0.120. The Balaban J connectivity index is 1.46. The number of aliphatic hydroxyl groups excluding tert-OH is 1. The van der Waals surface area contributed by atoms with Gasteiger partial charge in [0, 0.05) is 31.8 Å². The Labute approximate surface area is 300 Å². The molecule has 7 atom stereocenters. The second kappa shape index (κ2) is 17.2. The summed E-state index contributed by atoms with van der Waals surface area (Å²) in [6.07, 6.45) is 6.43. The predicted molar refractivity (Wildman–Crippen MR) is 193 cm³/mol. The van der Waals surface area contributed by atoms with E-state index >= 15 is 0 Å². The number of carbonyl (C=O) groups excluding carboxylic acids is 4. The van der Waals surface area contributed by atoms with Crippen LogP contribution in [-0.4, -0.2) is 84.3 Å². The number of allylic oxidation sites excluding steroid dienone is 1. The van der Waals surface area contributed by atoms with E-state index in [1.807, 2.05) is 30.3 Å². The van der Waals surface area contributed by atoms with Gasteiger partial charge in [-0.05, 0) is 68.9 Å². The van der Waals surface area contributed by atoms with E-state index in [0.29, 0.717) is 55.6 Å². The normalized spacial score (nSPS) is 24.4. The van der Waals surface area contributed by atoms with Crippen LogP contribution in [0.1, 0.15) is 70.0 Å². The lowest BCUT2D eigenvalue weighted by molar-refractivity contribution is -0.162. The lowest BCUT2D eigenvalue weighted by Crippen LogP contribution is -2.56. The molecule has 274 valence electrons. The van der Waals surface area contributed by atoms with Crippen LogP contribution in [0.2, 0.25) is 0 Å². The summed E-state index contributed by atoms with van der Waals surface area (Å²) in [4.78, 5) is 59.6. The Bertz CT molecular complexity index is 1550. The van der Waals surface area contributed by atoms with Gasteiger partial charge in [-0.2, -0.15) is 0 Å². The highest BCUT2D eigenvalue weighted by Gasteiger charge is 2.75. The smallest absolute Gasteiger partial charge is 0.313 e. The van der Waals surface area contributed by atoms with Crippen LogP contribution in [0, 0.1) is 11.8 Å². The molecule has 3 aliphatic rings. The summed E-state index contributed by atoms with van der Waals surface area (Å²) in [6, 6.07) is 14.8. The van der Waals surface area contributed by atoms with Crippen LogP contribution in [0.3, 0.4) is 0 Å².